The van der Waals surface area contributed by atoms with Crippen LogP contribution in [0.1, 0.15) is 44.9 Å². The number of carbonyl (C=O) groups is 2. The lowest BCUT2D eigenvalue weighted by Crippen LogP contribution is -2.62. The molecule has 4 aliphatic carbocycles. The van der Waals surface area contributed by atoms with E-state index in [1.165, 1.54) is 18.2 Å². The Kier molecular flexibility index (Phi) is 7.08. The molecule has 0 aromatic heterocycles. The van der Waals surface area contributed by atoms with E-state index in [1.807, 2.05) is 0 Å². The van der Waals surface area contributed by atoms with Gasteiger partial charge in [0.05, 0.1) is 18.4 Å². The molecule has 0 spiro atoms. The van der Waals surface area contributed by atoms with Crippen molar-refractivity contribution in [2.24, 2.45) is 23.2 Å². The number of para-hydroxylation sites is 1. The standard InChI is InChI=1S/C23H25F5O8S/c24-21(25,37(31,32)33)6-7-34-22(23(26,27)28,19(30)35-17-4-2-1-3-5-17)36-18(29)20-11-14-8-15(12-20)10-16(9-14)13-20/h1-5,14-16H,6-13H2,(H,31,32,33). The maximum Gasteiger partial charge on any atom is 0.468 e. The van der Waals surface area contributed by atoms with Gasteiger partial charge in [-0.2, -0.15) is 30.4 Å². The zero-order chi connectivity index (χ0) is 27.3. The van der Waals surface area contributed by atoms with Crippen molar-refractivity contribution in [2.75, 3.05) is 6.61 Å². The minimum atomic E-state index is -6.00. The Labute approximate surface area is 209 Å². The largest absolute Gasteiger partial charge is 0.468 e. The first kappa shape index (κ1) is 27.7. The predicted octanol–water partition coefficient (Wildman–Crippen LogP) is 4.50. The number of esters is 2. The Morgan fingerprint density at radius 2 is 1.46 bits per heavy atom. The minimum Gasteiger partial charge on any atom is -0.421 e. The smallest absolute Gasteiger partial charge is 0.421 e. The van der Waals surface area contributed by atoms with Gasteiger partial charge in [0.1, 0.15) is 5.75 Å². The quantitative estimate of drug-likeness (QED) is 0.155. The molecule has 4 bridgehead atoms. The zero-order valence-electron chi connectivity index (χ0n) is 19.4. The highest BCUT2D eigenvalue weighted by molar-refractivity contribution is 7.86. The van der Waals surface area contributed by atoms with E-state index in [2.05, 4.69) is 4.74 Å². The van der Waals surface area contributed by atoms with Crippen LogP contribution in [0.4, 0.5) is 22.0 Å². The third kappa shape index (κ3) is 5.32. The SMILES string of the molecule is O=C(OC(OCCC(F)(F)S(=O)(=O)O)(C(=O)Oc1ccccc1)C(F)(F)F)C12CC3CC(CC(C3)C1)C2. The highest BCUT2D eigenvalue weighted by atomic mass is 32.2. The molecule has 4 fully saturated rings. The minimum absolute atomic E-state index is 0.115. The number of alkyl halides is 5. The molecule has 1 aromatic carbocycles. The third-order valence-electron chi connectivity index (χ3n) is 7.38. The van der Waals surface area contributed by atoms with E-state index in [0.29, 0.717) is 0 Å². The van der Waals surface area contributed by atoms with E-state index < -0.39 is 57.7 Å². The fourth-order valence-electron chi connectivity index (χ4n) is 6.09. The molecule has 4 saturated carbocycles. The summed E-state index contributed by atoms with van der Waals surface area (Å²) >= 11 is 0. The predicted molar refractivity (Wildman–Crippen MR) is 115 cm³/mol. The lowest BCUT2D eigenvalue weighted by atomic mass is 9.49. The molecule has 0 heterocycles. The summed E-state index contributed by atoms with van der Waals surface area (Å²) in [5.74, 6) is -8.09. The van der Waals surface area contributed by atoms with Crippen LogP contribution in [0.15, 0.2) is 30.3 Å². The molecule has 14 heteroatoms. The summed E-state index contributed by atoms with van der Waals surface area (Å²) in [6, 6.07) is 6.42. The van der Waals surface area contributed by atoms with Gasteiger partial charge in [0.2, 0.25) is 0 Å². The molecule has 0 radical (unpaired) electrons. The number of hydrogen-bond acceptors (Lipinski definition) is 7. The van der Waals surface area contributed by atoms with Gasteiger partial charge < -0.3 is 14.2 Å². The molecular formula is C23H25F5O8S. The van der Waals surface area contributed by atoms with Crippen molar-refractivity contribution in [3.63, 3.8) is 0 Å². The first-order valence-electron chi connectivity index (χ1n) is 11.6. The fourth-order valence-corrected chi connectivity index (χ4v) is 6.43. The zero-order valence-corrected chi connectivity index (χ0v) is 20.2. The van der Waals surface area contributed by atoms with Crippen LogP contribution in [0.3, 0.4) is 0 Å². The second-order valence-corrected chi connectivity index (χ2v) is 11.7. The van der Waals surface area contributed by atoms with E-state index in [-0.39, 0.29) is 42.8 Å². The molecule has 206 valence electrons. The summed E-state index contributed by atoms with van der Waals surface area (Å²) in [5, 5.41) is -4.89. The van der Waals surface area contributed by atoms with Crippen LogP contribution >= 0.6 is 0 Å². The number of halogens is 5. The Morgan fingerprint density at radius 1 is 0.946 bits per heavy atom. The van der Waals surface area contributed by atoms with Crippen molar-refractivity contribution in [3.8, 4) is 5.75 Å². The number of benzene rings is 1. The van der Waals surface area contributed by atoms with E-state index in [9.17, 15) is 40.0 Å². The molecule has 4 aliphatic rings. The van der Waals surface area contributed by atoms with Crippen molar-refractivity contribution >= 4 is 22.1 Å². The monoisotopic (exact) mass is 556 g/mol. The van der Waals surface area contributed by atoms with Gasteiger partial charge in [-0.1, -0.05) is 18.2 Å². The molecule has 37 heavy (non-hydrogen) atoms. The number of carbonyl (C=O) groups excluding carboxylic acids is 2. The molecule has 1 N–H and O–H groups in total. The molecule has 0 saturated heterocycles. The van der Waals surface area contributed by atoms with Gasteiger partial charge in [-0.05, 0) is 68.4 Å². The average Bonchev–Trinajstić information content (AvgIpc) is 2.76. The van der Waals surface area contributed by atoms with Crippen molar-refractivity contribution < 1.29 is 58.7 Å². The van der Waals surface area contributed by atoms with Crippen LogP contribution in [0.5, 0.6) is 5.75 Å². The van der Waals surface area contributed by atoms with Gasteiger partial charge in [-0.25, -0.2) is 4.79 Å². The van der Waals surface area contributed by atoms with Crippen LogP contribution in [-0.4, -0.2) is 48.7 Å². The fraction of sp³-hybridized carbons (Fsp3) is 0.652. The molecule has 5 rings (SSSR count). The van der Waals surface area contributed by atoms with Crippen molar-refractivity contribution in [1.82, 2.24) is 0 Å². The van der Waals surface area contributed by atoms with Gasteiger partial charge in [0.25, 0.3) is 0 Å². The Hall–Kier alpha value is -2.32. The lowest BCUT2D eigenvalue weighted by Gasteiger charge is -2.55. The molecular weight excluding hydrogens is 531 g/mol. The van der Waals surface area contributed by atoms with Gasteiger partial charge >= 0.3 is 39.3 Å². The summed E-state index contributed by atoms with van der Waals surface area (Å²) in [7, 11) is -6.00. The highest BCUT2D eigenvalue weighted by Gasteiger charge is 2.70. The summed E-state index contributed by atoms with van der Waals surface area (Å²) in [5.41, 5.74) is -1.29. The second-order valence-electron chi connectivity index (χ2n) is 10.1. The normalized spacial score (nSPS) is 29.0. The Balaban J connectivity index is 1.65. The van der Waals surface area contributed by atoms with Gasteiger partial charge in [-0.15, -0.1) is 0 Å². The molecule has 8 nitrogen and oxygen atoms in total. The van der Waals surface area contributed by atoms with E-state index >= 15 is 0 Å². The van der Waals surface area contributed by atoms with E-state index in [1.54, 1.807) is 0 Å². The van der Waals surface area contributed by atoms with Crippen molar-refractivity contribution in [1.29, 1.82) is 0 Å². The first-order valence-corrected chi connectivity index (χ1v) is 13.1. The summed E-state index contributed by atoms with van der Waals surface area (Å²) in [6.07, 6.45) is -4.45. The highest BCUT2D eigenvalue weighted by Crippen LogP contribution is 2.61. The summed E-state index contributed by atoms with van der Waals surface area (Å²) in [4.78, 5) is 26.2. The van der Waals surface area contributed by atoms with Gasteiger partial charge in [0.15, 0.2) is 0 Å². The maximum absolute atomic E-state index is 14.5. The van der Waals surface area contributed by atoms with Crippen LogP contribution in [0.2, 0.25) is 0 Å². The third-order valence-corrected chi connectivity index (χ3v) is 8.34. The first-order chi connectivity index (χ1) is 17.1. The van der Waals surface area contributed by atoms with Crippen LogP contribution in [0.25, 0.3) is 0 Å². The Bertz CT molecular complexity index is 1100. The molecule has 1 aromatic rings. The molecule has 0 aliphatic heterocycles. The lowest BCUT2D eigenvalue weighted by molar-refractivity contribution is -0.357. The van der Waals surface area contributed by atoms with Crippen molar-refractivity contribution in [3.05, 3.63) is 30.3 Å². The maximum atomic E-state index is 14.5. The number of rotatable bonds is 9. The number of hydrogen-bond donors (Lipinski definition) is 1. The van der Waals surface area contributed by atoms with E-state index in [0.717, 1.165) is 31.4 Å². The second kappa shape index (κ2) is 9.45. The Morgan fingerprint density at radius 3 is 1.92 bits per heavy atom. The van der Waals surface area contributed by atoms with Gasteiger partial charge in [-0.3, -0.25) is 9.35 Å². The van der Waals surface area contributed by atoms with E-state index in [4.69, 9.17) is 14.0 Å². The van der Waals surface area contributed by atoms with Crippen LogP contribution in [0, 0.1) is 23.2 Å². The summed E-state index contributed by atoms with van der Waals surface area (Å²) < 4.78 is 115. The van der Waals surface area contributed by atoms with Crippen LogP contribution in [-0.2, 0) is 29.2 Å². The topological polar surface area (TPSA) is 116 Å². The molecule has 1 unspecified atom stereocenters. The molecule has 1 atom stereocenters. The number of ether oxygens (including phenoxy) is 3. The van der Waals surface area contributed by atoms with Gasteiger partial charge in [0, 0.05) is 0 Å². The van der Waals surface area contributed by atoms with Crippen LogP contribution < -0.4 is 4.74 Å². The summed E-state index contributed by atoms with van der Waals surface area (Å²) in [6.45, 7) is -1.73. The molecule has 0 amide bonds. The van der Waals surface area contributed by atoms with Crippen molar-refractivity contribution in [2.45, 2.75) is 62.2 Å². The average molecular weight is 557 g/mol.